The number of fused-ring (bicyclic) bond motifs is 2. The molecule has 0 radical (unpaired) electrons. The second-order valence-corrected chi connectivity index (χ2v) is 12.1. The van der Waals surface area contributed by atoms with Crippen molar-refractivity contribution in [2.24, 2.45) is 11.5 Å². The van der Waals surface area contributed by atoms with Gasteiger partial charge in [-0.1, -0.05) is 23.2 Å². The molecule has 4 rings (SSSR count). The van der Waals surface area contributed by atoms with Crippen molar-refractivity contribution in [3.63, 3.8) is 0 Å². The molecule has 0 atom stereocenters. The van der Waals surface area contributed by atoms with Crippen molar-refractivity contribution in [2.45, 2.75) is 38.5 Å². The monoisotopic (exact) mass is 638 g/mol. The molecule has 0 saturated heterocycles. The molecule has 0 spiro atoms. The molecular formula is C34H48Cl2N8. The van der Waals surface area contributed by atoms with E-state index in [1.165, 1.54) is 12.8 Å². The molecule has 2 aromatic heterocycles. The van der Waals surface area contributed by atoms with E-state index in [2.05, 4.69) is 30.4 Å². The van der Waals surface area contributed by atoms with Gasteiger partial charge in [-0.05, 0) is 139 Å². The maximum Gasteiger partial charge on any atom is 0.0737 e. The second-order valence-electron chi connectivity index (χ2n) is 11.3. The van der Waals surface area contributed by atoms with Crippen molar-refractivity contribution in [1.82, 2.24) is 19.8 Å². The third-order valence-corrected chi connectivity index (χ3v) is 8.37. The zero-order valence-corrected chi connectivity index (χ0v) is 27.3. The number of hydrogen-bond acceptors (Lipinski definition) is 8. The standard InChI is InChI=1S/C34H48Cl2N8/c35-27-7-9-29-31(11-17-41-33(29)25-27)39-15-5-23-43(21-3-13-37)19-1-2-20-44(22-4-14-38)24-6-16-40-32-12-18-42-34-26-28(36)8-10-30(32)34/h7-12,17-18,25-26H,1-6,13-16,19-24,37-38H2,(H,39,41)(H,40,42). The third kappa shape index (κ3) is 11.0. The van der Waals surface area contributed by atoms with Gasteiger partial charge in [0.1, 0.15) is 0 Å². The van der Waals surface area contributed by atoms with Crippen LogP contribution < -0.4 is 22.1 Å². The molecule has 2 aromatic carbocycles. The van der Waals surface area contributed by atoms with Crippen LogP contribution in [0, 0.1) is 0 Å². The molecule has 0 fully saturated rings. The summed E-state index contributed by atoms with van der Waals surface area (Å²) in [7, 11) is 0. The number of pyridine rings is 2. The molecule has 0 aliphatic rings. The summed E-state index contributed by atoms with van der Waals surface area (Å²) in [6, 6.07) is 15.8. The number of rotatable bonds is 21. The fourth-order valence-corrected chi connectivity index (χ4v) is 5.91. The Morgan fingerprint density at radius 3 is 1.39 bits per heavy atom. The topological polar surface area (TPSA) is 108 Å². The van der Waals surface area contributed by atoms with Gasteiger partial charge in [0.2, 0.25) is 0 Å². The summed E-state index contributed by atoms with van der Waals surface area (Å²) < 4.78 is 0. The van der Waals surface area contributed by atoms with Crippen molar-refractivity contribution in [3.8, 4) is 0 Å². The Morgan fingerprint density at radius 2 is 0.955 bits per heavy atom. The quantitative estimate of drug-likeness (QED) is 0.0769. The van der Waals surface area contributed by atoms with Crippen LogP contribution >= 0.6 is 23.2 Å². The first-order chi connectivity index (χ1) is 21.6. The zero-order valence-electron chi connectivity index (χ0n) is 25.8. The van der Waals surface area contributed by atoms with Crippen LogP contribution in [0.3, 0.4) is 0 Å². The van der Waals surface area contributed by atoms with Crippen molar-refractivity contribution >= 4 is 56.4 Å². The van der Waals surface area contributed by atoms with Crippen molar-refractivity contribution in [2.75, 3.05) is 76.1 Å². The summed E-state index contributed by atoms with van der Waals surface area (Å²) in [6.07, 6.45) is 10.2. The highest BCUT2D eigenvalue weighted by molar-refractivity contribution is 6.31. The van der Waals surface area contributed by atoms with Gasteiger partial charge in [0.05, 0.1) is 11.0 Å². The lowest BCUT2D eigenvalue weighted by molar-refractivity contribution is 0.238. The van der Waals surface area contributed by atoms with Gasteiger partial charge >= 0.3 is 0 Å². The fraction of sp³-hybridized carbons (Fsp3) is 0.471. The number of nitrogens with zero attached hydrogens (tertiary/aromatic N) is 4. The van der Waals surface area contributed by atoms with E-state index in [0.717, 1.165) is 124 Å². The molecule has 44 heavy (non-hydrogen) atoms. The lowest BCUT2D eigenvalue weighted by Crippen LogP contribution is -2.32. The van der Waals surface area contributed by atoms with Crippen LogP contribution in [0.25, 0.3) is 21.8 Å². The van der Waals surface area contributed by atoms with Crippen LogP contribution in [0.15, 0.2) is 60.9 Å². The van der Waals surface area contributed by atoms with E-state index in [9.17, 15) is 0 Å². The van der Waals surface area contributed by atoms with Crippen molar-refractivity contribution in [1.29, 1.82) is 0 Å². The van der Waals surface area contributed by atoms with E-state index in [0.29, 0.717) is 10.0 Å². The predicted molar refractivity (Wildman–Crippen MR) is 189 cm³/mol. The van der Waals surface area contributed by atoms with Gasteiger partial charge in [-0.2, -0.15) is 0 Å². The molecule has 8 nitrogen and oxygen atoms in total. The number of nitrogens with one attached hydrogen (secondary N) is 2. The minimum atomic E-state index is 0.707. The molecule has 2 heterocycles. The predicted octanol–water partition coefficient (Wildman–Crippen LogP) is 6.48. The van der Waals surface area contributed by atoms with Crippen molar-refractivity contribution in [3.05, 3.63) is 71.0 Å². The van der Waals surface area contributed by atoms with Gasteiger partial charge < -0.3 is 31.9 Å². The molecule has 0 amide bonds. The lowest BCUT2D eigenvalue weighted by Gasteiger charge is -2.25. The van der Waals surface area contributed by atoms with Crippen LogP contribution in [-0.2, 0) is 0 Å². The molecule has 4 aromatic rings. The summed E-state index contributed by atoms with van der Waals surface area (Å²) in [4.78, 5) is 14.0. The highest BCUT2D eigenvalue weighted by atomic mass is 35.5. The lowest BCUT2D eigenvalue weighted by atomic mass is 10.2. The van der Waals surface area contributed by atoms with Gasteiger partial charge in [0.15, 0.2) is 0 Å². The average Bonchev–Trinajstić information content (AvgIpc) is 3.03. The van der Waals surface area contributed by atoms with E-state index >= 15 is 0 Å². The van der Waals surface area contributed by atoms with Gasteiger partial charge in [-0.3, -0.25) is 9.97 Å². The summed E-state index contributed by atoms with van der Waals surface area (Å²) in [6.45, 7) is 9.67. The smallest absolute Gasteiger partial charge is 0.0737 e. The third-order valence-electron chi connectivity index (χ3n) is 7.90. The molecule has 0 bridgehead atoms. The first-order valence-corrected chi connectivity index (χ1v) is 16.7. The Bertz CT molecular complexity index is 1310. The Labute approximate surface area is 272 Å². The normalized spacial score (nSPS) is 11.7. The highest BCUT2D eigenvalue weighted by Crippen LogP contribution is 2.25. The van der Waals surface area contributed by atoms with Crippen LogP contribution in [0.1, 0.15) is 38.5 Å². The van der Waals surface area contributed by atoms with Gasteiger partial charge in [0.25, 0.3) is 0 Å². The highest BCUT2D eigenvalue weighted by Gasteiger charge is 2.09. The SMILES string of the molecule is NCCCN(CCCCN(CCCN)CCCNc1ccnc2cc(Cl)ccc12)CCCNc1ccnc2cc(Cl)ccc12. The minimum absolute atomic E-state index is 0.707. The van der Waals surface area contributed by atoms with Gasteiger partial charge in [0, 0.05) is 57.7 Å². The molecule has 0 aliphatic heterocycles. The Morgan fingerprint density at radius 1 is 0.545 bits per heavy atom. The van der Waals surface area contributed by atoms with Crippen LogP contribution in [0.4, 0.5) is 11.4 Å². The zero-order chi connectivity index (χ0) is 31.0. The molecule has 238 valence electrons. The fourth-order valence-electron chi connectivity index (χ4n) is 5.57. The molecule has 0 saturated carbocycles. The summed E-state index contributed by atoms with van der Waals surface area (Å²) in [5.41, 5.74) is 15.7. The van der Waals surface area contributed by atoms with E-state index in [1.54, 1.807) is 0 Å². The Hall–Kier alpha value is -2.72. The Kier molecular flexibility index (Phi) is 14.7. The first-order valence-electron chi connectivity index (χ1n) is 16.0. The number of anilines is 2. The number of halogens is 2. The maximum atomic E-state index is 6.15. The van der Waals surface area contributed by atoms with Crippen LogP contribution in [0.2, 0.25) is 10.0 Å². The second kappa shape index (κ2) is 18.9. The van der Waals surface area contributed by atoms with Crippen LogP contribution in [0.5, 0.6) is 0 Å². The number of unbranched alkanes of at least 4 members (excludes halogenated alkanes) is 1. The Balaban J connectivity index is 1.17. The number of aromatic nitrogens is 2. The molecule has 0 aliphatic carbocycles. The molecule has 10 heteroatoms. The van der Waals surface area contributed by atoms with Gasteiger partial charge in [-0.15, -0.1) is 0 Å². The number of hydrogen-bond donors (Lipinski definition) is 4. The van der Waals surface area contributed by atoms with Gasteiger partial charge in [-0.25, -0.2) is 0 Å². The largest absolute Gasteiger partial charge is 0.384 e. The van der Waals surface area contributed by atoms with Crippen molar-refractivity contribution < 1.29 is 0 Å². The average molecular weight is 640 g/mol. The molecule has 6 N–H and O–H groups in total. The van der Waals surface area contributed by atoms with E-state index < -0.39 is 0 Å². The van der Waals surface area contributed by atoms with E-state index in [1.807, 2.05) is 60.9 Å². The van der Waals surface area contributed by atoms with E-state index in [-0.39, 0.29) is 0 Å². The minimum Gasteiger partial charge on any atom is -0.384 e. The molecule has 0 unspecified atom stereocenters. The number of nitrogens with two attached hydrogens (primary N) is 2. The summed E-state index contributed by atoms with van der Waals surface area (Å²) >= 11 is 12.3. The van der Waals surface area contributed by atoms with E-state index in [4.69, 9.17) is 34.7 Å². The van der Waals surface area contributed by atoms with Crippen LogP contribution in [-0.4, -0.2) is 85.2 Å². The summed E-state index contributed by atoms with van der Waals surface area (Å²) in [5, 5.41) is 10.8. The maximum absolute atomic E-state index is 6.15. The summed E-state index contributed by atoms with van der Waals surface area (Å²) in [5.74, 6) is 0. The molecular weight excluding hydrogens is 591 g/mol. The first kappa shape index (κ1) is 34.2. The number of benzene rings is 2.